The van der Waals surface area contributed by atoms with Crippen molar-refractivity contribution in [1.82, 2.24) is 4.98 Å². The van der Waals surface area contributed by atoms with Gasteiger partial charge < -0.3 is 5.73 Å². The molecule has 2 unspecified atom stereocenters. The number of thioether (sulfide) groups is 1. The van der Waals surface area contributed by atoms with Gasteiger partial charge >= 0.3 is 0 Å². The fourth-order valence-electron chi connectivity index (χ4n) is 2.29. The molecule has 3 N–H and O–H groups in total. The van der Waals surface area contributed by atoms with E-state index in [2.05, 4.69) is 11.9 Å². The number of rotatable bonds is 3. The summed E-state index contributed by atoms with van der Waals surface area (Å²) in [6.07, 6.45) is 5.24. The predicted molar refractivity (Wildman–Crippen MR) is 72.5 cm³/mol. The van der Waals surface area contributed by atoms with Crippen LogP contribution in [-0.4, -0.2) is 16.1 Å². The molecule has 1 aliphatic rings. The molecule has 1 heterocycles. The van der Waals surface area contributed by atoms with Crippen molar-refractivity contribution in [2.45, 2.75) is 42.9 Å². The highest BCUT2D eigenvalue weighted by Gasteiger charge is 2.20. The van der Waals surface area contributed by atoms with Gasteiger partial charge in [-0.25, -0.2) is 4.98 Å². The minimum atomic E-state index is 0.0458. The van der Waals surface area contributed by atoms with Crippen molar-refractivity contribution in [3.63, 3.8) is 0 Å². The van der Waals surface area contributed by atoms with Gasteiger partial charge in [-0.3, -0.25) is 5.41 Å². The molecule has 0 bridgehead atoms. The second kappa shape index (κ2) is 5.54. The van der Waals surface area contributed by atoms with Gasteiger partial charge in [0.15, 0.2) is 0 Å². The number of nitrogens with one attached hydrogen (secondary N) is 1. The predicted octanol–water partition coefficient (Wildman–Crippen LogP) is 3.04. The largest absolute Gasteiger partial charge is 0.382 e. The van der Waals surface area contributed by atoms with Gasteiger partial charge in [0.1, 0.15) is 11.5 Å². The highest BCUT2D eigenvalue weighted by Crippen LogP contribution is 2.35. The molecule has 1 fully saturated rings. The first-order valence-electron chi connectivity index (χ1n) is 6.13. The minimum Gasteiger partial charge on any atom is -0.382 e. The van der Waals surface area contributed by atoms with Gasteiger partial charge in [0, 0.05) is 5.25 Å². The number of amidine groups is 1. The van der Waals surface area contributed by atoms with E-state index in [9.17, 15) is 0 Å². The van der Waals surface area contributed by atoms with E-state index < -0.39 is 0 Å². The first kappa shape index (κ1) is 12.4. The molecular formula is C13H19N3S. The zero-order valence-corrected chi connectivity index (χ0v) is 11.0. The third kappa shape index (κ3) is 3.46. The SMILES string of the molecule is CC1CCCC(Sc2cccc(C(=N)N)n2)C1. The lowest BCUT2D eigenvalue weighted by molar-refractivity contribution is 0.394. The van der Waals surface area contributed by atoms with Crippen LogP contribution in [0.25, 0.3) is 0 Å². The zero-order chi connectivity index (χ0) is 12.3. The van der Waals surface area contributed by atoms with Crippen LogP contribution in [0.4, 0.5) is 0 Å². The van der Waals surface area contributed by atoms with E-state index in [0.29, 0.717) is 10.9 Å². The molecule has 0 aliphatic heterocycles. The molecule has 0 amide bonds. The molecule has 0 radical (unpaired) electrons. The van der Waals surface area contributed by atoms with Crippen LogP contribution in [-0.2, 0) is 0 Å². The number of hydrogen-bond acceptors (Lipinski definition) is 3. The van der Waals surface area contributed by atoms with E-state index in [4.69, 9.17) is 11.1 Å². The zero-order valence-electron chi connectivity index (χ0n) is 10.1. The van der Waals surface area contributed by atoms with Crippen molar-refractivity contribution in [3.05, 3.63) is 23.9 Å². The maximum atomic E-state index is 7.39. The Hall–Kier alpha value is -1.03. The van der Waals surface area contributed by atoms with Gasteiger partial charge in [-0.05, 0) is 30.9 Å². The molecule has 4 heteroatoms. The molecule has 0 aromatic carbocycles. The van der Waals surface area contributed by atoms with Gasteiger partial charge in [0.05, 0.1) is 5.03 Å². The average molecular weight is 249 g/mol. The monoisotopic (exact) mass is 249 g/mol. The molecule has 1 aromatic rings. The quantitative estimate of drug-likeness (QED) is 0.639. The van der Waals surface area contributed by atoms with E-state index >= 15 is 0 Å². The highest BCUT2D eigenvalue weighted by atomic mass is 32.2. The summed E-state index contributed by atoms with van der Waals surface area (Å²) >= 11 is 1.84. The molecule has 1 aromatic heterocycles. The Morgan fingerprint density at radius 2 is 2.29 bits per heavy atom. The van der Waals surface area contributed by atoms with Crippen LogP contribution in [0.2, 0.25) is 0 Å². The van der Waals surface area contributed by atoms with Crippen LogP contribution >= 0.6 is 11.8 Å². The minimum absolute atomic E-state index is 0.0458. The summed E-state index contributed by atoms with van der Waals surface area (Å²) in [6, 6.07) is 5.73. The van der Waals surface area contributed by atoms with E-state index in [0.717, 1.165) is 10.9 Å². The normalized spacial score (nSPS) is 24.5. The van der Waals surface area contributed by atoms with E-state index in [1.165, 1.54) is 25.7 Å². The number of pyridine rings is 1. The number of nitrogens with zero attached hydrogens (tertiary/aromatic N) is 1. The second-order valence-electron chi connectivity index (χ2n) is 4.79. The van der Waals surface area contributed by atoms with Gasteiger partial charge in [0.25, 0.3) is 0 Å². The van der Waals surface area contributed by atoms with Crippen molar-refractivity contribution in [2.24, 2.45) is 11.7 Å². The summed E-state index contributed by atoms with van der Waals surface area (Å²) < 4.78 is 0. The number of nitrogen functional groups attached to an aromatic ring is 1. The van der Waals surface area contributed by atoms with E-state index in [-0.39, 0.29) is 5.84 Å². The van der Waals surface area contributed by atoms with Gasteiger partial charge in [0.2, 0.25) is 0 Å². The Labute approximate surface area is 107 Å². The molecule has 1 aliphatic carbocycles. The molecule has 2 atom stereocenters. The first-order valence-corrected chi connectivity index (χ1v) is 7.01. The first-order chi connectivity index (χ1) is 8.15. The maximum absolute atomic E-state index is 7.39. The topological polar surface area (TPSA) is 62.8 Å². The standard InChI is InChI=1S/C13H19N3S/c1-9-4-2-5-10(8-9)17-12-7-3-6-11(16-12)13(14)15/h3,6-7,9-10H,2,4-5,8H2,1H3,(H3,14,15). The fraction of sp³-hybridized carbons (Fsp3) is 0.538. The van der Waals surface area contributed by atoms with Gasteiger partial charge in [-0.15, -0.1) is 11.8 Å². The molecule has 17 heavy (non-hydrogen) atoms. The lowest BCUT2D eigenvalue weighted by Gasteiger charge is -2.25. The Bertz CT molecular complexity index is 405. The Morgan fingerprint density at radius 3 is 3.00 bits per heavy atom. The maximum Gasteiger partial charge on any atom is 0.141 e. The van der Waals surface area contributed by atoms with Crippen LogP contribution in [0, 0.1) is 11.3 Å². The Kier molecular flexibility index (Phi) is 4.05. The average Bonchev–Trinajstić information content (AvgIpc) is 2.29. The summed E-state index contributed by atoms with van der Waals surface area (Å²) in [4.78, 5) is 4.40. The van der Waals surface area contributed by atoms with E-state index in [1.54, 1.807) is 6.07 Å². The van der Waals surface area contributed by atoms with Crippen molar-refractivity contribution in [1.29, 1.82) is 5.41 Å². The smallest absolute Gasteiger partial charge is 0.141 e. The molecular weight excluding hydrogens is 230 g/mol. The van der Waals surface area contributed by atoms with Crippen molar-refractivity contribution >= 4 is 17.6 Å². The summed E-state index contributed by atoms with van der Waals surface area (Å²) in [6.45, 7) is 2.33. The highest BCUT2D eigenvalue weighted by molar-refractivity contribution is 7.99. The van der Waals surface area contributed by atoms with Crippen LogP contribution in [0.3, 0.4) is 0 Å². The second-order valence-corrected chi connectivity index (χ2v) is 6.11. The third-order valence-electron chi connectivity index (χ3n) is 3.18. The van der Waals surface area contributed by atoms with Crippen LogP contribution < -0.4 is 5.73 Å². The third-order valence-corrected chi connectivity index (χ3v) is 4.41. The van der Waals surface area contributed by atoms with Crippen LogP contribution in [0.1, 0.15) is 38.3 Å². The van der Waals surface area contributed by atoms with Crippen LogP contribution in [0.5, 0.6) is 0 Å². The van der Waals surface area contributed by atoms with Crippen molar-refractivity contribution in [2.75, 3.05) is 0 Å². The molecule has 92 valence electrons. The summed E-state index contributed by atoms with van der Waals surface area (Å²) in [5, 5.41) is 9.06. The fourth-order valence-corrected chi connectivity index (χ4v) is 3.65. The molecule has 3 nitrogen and oxygen atoms in total. The van der Waals surface area contributed by atoms with E-state index in [1.807, 2.05) is 23.9 Å². The Balaban J connectivity index is 2.02. The summed E-state index contributed by atoms with van der Waals surface area (Å²) in [5.41, 5.74) is 6.03. The van der Waals surface area contributed by atoms with Gasteiger partial charge in [-0.2, -0.15) is 0 Å². The lowest BCUT2D eigenvalue weighted by Crippen LogP contribution is -2.16. The number of hydrogen-bond donors (Lipinski definition) is 2. The summed E-state index contributed by atoms with van der Waals surface area (Å²) in [7, 11) is 0. The Morgan fingerprint density at radius 1 is 1.47 bits per heavy atom. The molecule has 2 rings (SSSR count). The van der Waals surface area contributed by atoms with Crippen molar-refractivity contribution < 1.29 is 0 Å². The molecule has 0 spiro atoms. The summed E-state index contributed by atoms with van der Waals surface area (Å²) in [5.74, 6) is 0.877. The molecule has 0 saturated heterocycles. The number of aromatic nitrogens is 1. The lowest BCUT2D eigenvalue weighted by atomic mass is 9.91. The van der Waals surface area contributed by atoms with Crippen molar-refractivity contribution in [3.8, 4) is 0 Å². The van der Waals surface area contributed by atoms with Crippen LogP contribution in [0.15, 0.2) is 23.2 Å². The molecule has 1 saturated carbocycles. The van der Waals surface area contributed by atoms with Gasteiger partial charge in [-0.1, -0.05) is 25.8 Å². The number of nitrogens with two attached hydrogens (primary N) is 1.